The van der Waals surface area contributed by atoms with Gasteiger partial charge in [-0.25, -0.2) is 4.79 Å². The molecule has 0 aliphatic heterocycles. The zero-order valence-corrected chi connectivity index (χ0v) is 14.5. The Hall–Kier alpha value is -2.33. The number of esters is 1. The van der Waals surface area contributed by atoms with Crippen LogP contribution in [-0.2, 0) is 16.1 Å². The highest BCUT2D eigenvalue weighted by Gasteiger charge is 2.28. The van der Waals surface area contributed by atoms with Crippen LogP contribution in [-0.4, -0.2) is 29.4 Å². The molecule has 0 saturated heterocycles. The zero-order valence-electron chi connectivity index (χ0n) is 13.7. The van der Waals surface area contributed by atoms with Crippen LogP contribution in [0.15, 0.2) is 54.6 Å². The molecule has 4 nitrogen and oxygen atoms in total. The van der Waals surface area contributed by atoms with Crippen LogP contribution in [0.25, 0.3) is 0 Å². The summed E-state index contributed by atoms with van der Waals surface area (Å²) in [5.41, 5.74) is 1.37. The number of hydrogen-bond donors (Lipinski definition) is 0. The van der Waals surface area contributed by atoms with Gasteiger partial charge in [-0.15, -0.1) is 0 Å². The van der Waals surface area contributed by atoms with Crippen molar-refractivity contribution < 1.29 is 14.3 Å². The van der Waals surface area contributed by atoms with Crippen LogP contribution in [0.2, 0.25) is 5.02 Å². The van der Waals surface area contributed by atoms with Crippen LogP contribution in [0.3, 0.4) is 0 Å². The van der Waals surface area contributed by atoms with Crippen molar-refractivity contribution in [2.45, 2.75) is 26.4 Å². The van der Waals surface area contributed by atoms with E-state index in [4.69, 9.17) is 16.3 Å². The van der Waals surface area contributed by atoms with Gasteiger partial charge in [0.15, 0.2) is 0 Å². The van der Waals surface area contributed by atoms with E-state index in [9.17, 15) is 9.59 Å². The highest BCUT2D eigenvalue weighted by atomic mass is 35.5. The van der Waals surface area contributed by atoms with Crippen LogP contribution in [0.4, 0.5) is 0 Å². The third-order valence-electron chi connectivity index (χ3n) is 3.62. The molecule has 0 heterocycles. The standard InChI is InChI=1S/C19H20ClNO3/c1-3-24-19(23)14(2)21(13-15-8-5-4-6-9-15)18(22)16-10-7-11-17(20)12-16/h4-12,14H,3,13H2,1-2H3. The van der Waals surface area contributed by atoms with Crippen molar-refractivity contribution in [3.8, 4) is 0 Å². The van der Waals surface area contributed by atoms with E-state index in [1.165, 1.54) is 4.90 Å². The number of ether oxygens (including phenoxy) is 1. The number of hydrogen-bond acceptors (Lipinski definition) is 3. The van der Waals surface area contributed by atoms with Gasteiger partial charge < -0.3 is 9.64 Å². The van der Waals surface area contributed by atoms with E-state index in [-0.39, 0.29) is 12.5 Å². The lowest BCUT2D eigenvalue weighted by Gasteiger charge is -2.28. The van der Waals surface area contributed by atoms with Crippen molar-refractivity contribution in [1.29, 1.82) is 0 Å². The summed E-state index contributed by atoms with van der Waals surface area (Å²) in [6.07, 6.45) is 0. The van der Waals surface area contributed by atoms with Crippen LogP contribution in [0, 0.1) is 0 Å². The van der Waals surface area contributed by atoms with E-state index >= 15 is 0 Å². The Morgan fingerprint density at radius 3 is 2.46 bits per heavy atom. The molecule has 1 amide bonds. The Balaban J connectivity index is 2.30. The van der Waals surface area contributed by atoms with Crippen LogP contribution in [0.1, 0.15) is 29.8 Å². The smallest absolute Gasteiger partial charge is 0.328 e. The van der Waals surface area contributed by atoms with Crippen molar-refractivity contribution in [1.82, 2.24) is 4.90 Å². The molecule has 0 N–H and O–H groups in total. The summed E-state index contributed by atoms with van der Waals surface area (Å²) in [6.45, 7) is 3.99. The quantitative estimate of drug-likeness (QED) is 0.745. The molecule has 2 rings (SSSR count). The number of carbonyl (C=O) groups excluding carboxylic acids is 2. The predicted molar refractivity (Wildman–Crippen MR) is 93.9 cm³/mol. The van der Waals surface area contributed by atoms with Gasteiger partial charge in [-0.2, -0.15) is 0 Å². The second kappa shape index (κ2) is 8.50. The fraction of sp³-hybridized carbons (Fsp3) is 0.263. The topological polar surface area (TPSA) is 46.6 Å². The minimum absolute atomic E-state index is 0.262. The monoisotopic (exact) mass is 345 g/mol. The largest absolute Gasteiger partial charge is 0.464 e. The van der Waals surface area contributed by atoms with Crippen LogP contribution < -0.4 is 0 Å². The summed E-state index contributed by atoms with van der Waals surface area (Å²) in [5, 5.41) is 0.476. The van der Waals surface area contributed by atoms with Crippen molar-refractivity contribution in [2.24, 2.45) is 0 Å². The van der Waals surface area contributed by atoms with Gasteiger partial charge >= 0.3 is 5.97 Å². The molecule has 126 valence electrons. The van der Waals surface area contributed by atoms with E-state index in [0.29, 0.717) is 17.1 Å². The summed E-state index contributed by atoms with van der Waals surface area (Å²) in [6, 6.07) is 15.5. The molecule has 0 aliphatic rings. The van der Waals surface area contributed by atoms with Crippen molar-refractivity contribution >= 4 is 23.5 Å². The number of amides is 1. The maximum absolute atomic E-state index is 12.9. The molecule has 0 fully saturated rings. The van der Waals surface area contributed by atoms with Gasteiger partial charge in [0.05, 0.1) is 6.61 Å². The SMILES string of the molecule is CCOC(=O)C(C)N(Cc1ccccc1)C(=O)c1cccc(Cl)c1. The fourth-order valence-corrected chi connectivity index (χ4v) is 2.53. The highest BCUT2D eigenvalue weighted by Crippen LogP contribution is 2.17. The van der Waals surface area contributed by atoms with E-state index in [1.54, 1.807) is 38.1 Å². The van der Waals surface area contributed by atoms with Gasteiger partial charge in [0.1, 0.15) is 6.04 Å². The molecule has 5 heteroatoms. The summed E-state index contributed by atoms with van der Waals surface area (Å²) in [5.74, 6) is -0.689. The van der Waals surface area contributed by atoms with E-state index < -0.39 is 12.0 Å². The maximum Gasteiger partial charge on any atom is 0.328 e. The molecule has 2 aromatic carbocycles. The Morgan fingerprint density at radius 1 is 1.12 bits per heavy atom. The number of benzene rings is 2. The minimum atomic E-state index is -0.698. The number of nitrogens with zero attached hydrogens (tertiary/aromatic N) is 1. The van der Waals surface area contributed by atoms with Crippen molar-refractivity contribution in [3.05, 3.63) is 70.7 Å². The molecule has 24 heavy (non-hydrogen) atoms. The normalized spacial score (nSPS) is 11.6. The van der Waals surface area contributed by atoms with Gasteiger partial charge in [-0.05, 0) is 37.6 Å². The van der Waals surface area contributed by atoms with E-state index in [0.717, 1.165) is 5.56 Å². The molecule has 0 radical (unpaired) electrons. The second-order valence-corrected chi connectivity index (χ2v) is 5.79. The predicted octanol–water partition coefficient (Wildman–Crippen LogP) is 3.93. The van der Waals surface area contributed by atoms with Crippen molar-refractivity contribution in [2.75, 3.05) is 6.61 Å². The molecule has 1 atom stereocenters. The van der Waals surface area contributed by atoms with Gasteiger partial charge in [0.2, 0.25) is 0 Å². The minimum Gasteiger partial charge on any atom is -0.464 e. The molecule has 1 unspecified atom stereocenters. The number of halogens is 1. The van der Waals surface area contributed by atoms with Crippen molar-refractivity contribution in [3.63, 3.8) is 0 Å². The average molecular weight is 346 g/mol. The summed E-state index contributed by atoms with van der Waals surface area (Å²) in [7, 11) is 0. The third-order valence-corrected chi connectivity index (χ3v) is 3.86. The first-order valence-electron chi connectivity index (χ1n) is 7.80. The first-order valence-corrected chi connectivity index (χ1v) is 8.17. The average Bonchev–Trinajstić information content (AvgIpc) is 2.59. The van der Waals surface area contributed by atoms with Crippen LogP contribution in [0.5, 0.6) is 0 Å². The Morgan fingerprint density at radius 2 is 1.83 bits per heavy atom. The first-order chi connectivity index (χ1) is 11.5. The number of carbonyl (C=O) groups is 2. The molecule has 0 bridgehead atoms. The molecule has 2 aromatic rings. The van der Waals surface area contributed by atoms with Gasteiger partial charge in [0, 0.05) is 17.1 Å². The Kier molecular flexibility index (Phi) is 6.38. The van der Waals surface area contributed by atoms with E-state index in [1.807, 2.05) is 30.3 Å². The molecule has 0 aromatic heterocycles. The van der Waals surface area contributed by atoms with Gasteiger partial charge in [-0.3, -0.25) is 4.79 Å². The third kappa shape index (κ3) is 4.59. The molecular weight excluding hydrogens is 326 g/mol. The molecule has 0 saturated carbocycles. The molecule has 0 spiro atoms. The maximum atomic E-state index is 12.9. The zero-order chi connectivity index (χ0) is 17.5. The first kappa shape index (κ1) is 18.0. The lowest BCUT2D eigenvalue weighted by molar-refractivity contribution is -0.148. The highest BCUT2D eigenvalue weighted by molar-refractivity contribution is 6.31. The van der Waals surface area contributed by atoms with Gasteiger partial charge in [-0.1, -0.05) is 48.0 Å². The fourth-order valence-electron chi connectivity index (χ4n) is 2.34. The number of rotatable bonds is 6. The molecule has 0 aliphatic carbocycles. The lowest BCUT2D eigenvalue weighted by Crippen LogP contribution is -2.43. The Bertz CT molecular complexity index is 703. The lowest BCUT2D eigenvalue weighted by atomic mass is 10.1. The molecular formula is C19H20ClNO3. The summed E-state index contributed by atoms with van der Waals surface area (Å²) < 4.78 is 5.07. The second-order valence-electron chi connectivity index (χ2n) is 5.36. The van der Waals surface area contributed by atoms with Crippen LogP contribution >= 0.6 is 11.6 Å². The summed E-state index contributed by atoms with van der Waals surface area (Å²) >= 11 is 5.98. The summed E-state index contributed by atoms with van der Waals surface area (Å²) in [4.78, 5) is 26.5. The Labute approximate surface area is 147 Å². The van der Waals surface area contributed by atoms with E-state index in [2.05, 4.69) is 0 Å². The van der Waals surface area contributed by atoms with Gasteiger partial charge in [0.25, 0.3) is 5.91 Å².